The second kappa shape index (κ2) is 7.13. The zero-order valence-electron chi connectivity index (χ0n) is 19.1. The first-order valence-electron chi connectivity index (χ1n) is 12.4. The number of H-pyrrole nitrogens is 1. The van der Waals surface area contributed by atoms with E-state index in [4.69, 9.17) is 0 Å². The minimum atomic E-state index is -1.75. The summed E-state index contributed by atoms with van der Waals surface area (Å²) in [5, 5.41) is 23.8. The van der Waals surface area contributed by atoms with E-state index in [2.05, 4.69) is 24.1 Å². The minimum Gasteiger partial charge on any atom is -0.393 e. The van der Waals surface area contributed by atoms with Gasteiger partial charge in [-0.15, -0.1) is 0 Å². The van der Waals surface area contributed by atoms with Crippen LogP contribution in [0, 0.1) is 17.3 Å². The summed E-state index contributed by atoms with van der Waals surface area (Å²) in [5.41, 5.74) is -0.365. The van der Waals surface area contributed by atoms with Crippen molar-refractivity contribution in [2.75, 3.05) is 0 Å². The van der Waals surface area contributed by atoms with Gasteiger partial charge in [-0.3, -0.25) is 4.79 Å². The Morgan fingerprint density at radius 1 is 1.12 bits per heavy atom. The first kappa shape index (κ1) is 21.3. The van der Waals surface area contributed by atoms with Gasteiger partial charge in [-0.25, -0.2) is 4.39 Å². The largest absolute Gasteiger partial charge is 0.393 e. The summed E-state index contributed by atoms with van der Waals surface area (Å²) in [6.07, 6.45) is 10.2. The predicted octanol–water partition coefficient (Wildman–Crippen LogP) is 5.05. The molecule has 4 aliphatic rings. The average Bonchev–Trinajstić information content (AvgIpc) is 3.09. The first-order valence-corrected chi connectivity index (χ1v) is 12.4. The highest BCUT2D eigenvalue weighted by atomic mass is 19.1. The number of aliphatic hydroxyl groups excluding tert-OH is 1. The Morgan fingerprint density at radius 3 is 2.82 bits per heavy atom. The topological polar surface area (TPSA) is 73.3 Å². The molecule has 0 amide bonds. The second-order valence-electron chi connectivity index (χ2n) is 11.1. The summed E-state index contributed by atoms with van der Waals surface area (Å²) in [4.78, 5) is 14.9. The summed E-state index contributed by atoms with van der Waals surface area (Å²) in [6.45, 7) is 2.19. The van der Waals surface area contributed by atoms with Crippen molar-refractivity contribution >= 4 is 16.3 Å². The number of rotatable bonds is 1. The molecule has 4 aliphatic carbocycles. The van der Waals surface area contributed by atoms with Gasteiger partial charge in [0.15, 0.2) is 5.67 Å². The number of nitrogens with one attached hydrogen (secondary N) is 1. The Labute approximate surface area is 193 Å². The molecule has 0 bridgehead atoms. The van der Waals surface area contributed by atoms with Gasteiger partial charge in [0.1, 0.15) is 5.60 Å². The van der Waals surface area contributed by atoms with Gasteiger partial charge in [0.2, 0.25) is 0 Å². The van der Waals surface area contributed by atoms with Gasteiger partial charge in [-0.1, -0.05) is 24.6 Å². The molecule has 6 rings (SSSR count). The molecule has 174 valence electrons. The number of pyridine rings is 1. The van der Waals surface area contributed by atoms with Crippen LogP contribution in [0.15, 0.2) is 53.0 Å². The van der Waals surface area contributed by atoms with Crippen molar-refractivity contribution in [2.24, 2.45) is 17.3 Å². The smallest absolute Gasteiger partial charge is 0.255 e. The molecule has 3 N–H and O–H groups in total. The number of hydrogen-bond donors (Lipinski definition) is 3. The fraction of sp³-hybridized carbons (Fsp3) is 0.536. The maximum absolute atomic E-state index is 16.7. The van der Waals surface area contributed by atoms with E-state index < -0.39 is 17.4 Å². The van der Waals surface area contributed by atoms with Gasteiger partial charge >= 0.3 is 0 Å². The van der Waals surface area contributed by atoms with E-state index in [1.165, 1.54) is 0 Å². The number of alkyl halides is 1. The summed E-state index contributed by atoms with van der Waals surface area (Å²) in [7, 11) is 0. The van der Waals surface area contributed by atoms with Gasteiger partial charge in [0.05, 0.1) is 6.10 Å². The van der Waals surface area contributed by atoms with E-state index in [0.29, 0.717) is 31.1 Å². The fourth-order valence-corrected chi connectivity index (χ4v) is 7.60. The Bertz CT molecular complexity index is 1250. The number of fused-ring (bicyclic) bond motifs is 5. The number of halogens is 1. The molecule has 0 spiro atoms. The van der Waals surface area contributed by atoms with Gasteiger partial charge in [0.25, 0.3) is 5.56 Å². The Morgan fingerprint density at radius 2 is 1.97 bits per heavy atom. The van der Waals surface area contributed by atoms with E-state index in [1.54, 1.807) is 12.3 Å². The molecule has 33 heavy (non-hydrogen) atoms. The normalized spacial score (nSPS) is 40.3. The SMILES string of the molecule is CC12CCC3(F)C=C4CC(O)CCC4CC[C@]3(O)C1CC=C2c1ccc2c(=O)[nH]ccc2c1. The standard InChI is InChI=1S/C28H32FNO3/c1-26-11-12-27(29)16-20-15-21(31)4-2-17(20)8-10-28(27,33)24(26)7-6-23(26)19-3-5-22-18(14-19)9-13-30-25(22)32/h3,5-6,9,13-14,16-17,21,24,31,33H,2,4,7-8,10-12,15H2,1H3,(H,30,32)/t17?,21?,24?,26?,27?,28-/m0/s1. The van der Waals surface area contributed by atoms with Crippen molar-refractivity contribution in [3.63, 3.8) is 0 Å². The molecule has 2 aromatic rings. The lowest BCUT2D eigenvalue weighted by Gasteiger charge is -2.55. The first-order chi connectivity index (χ1) is 15.7. The molecule has 1 aromatic heterocycles. The van der Waals surface area contributed by atoms with Crippen LogP contribution >= 0.6 is 0 Å². The van der Waals surface area contributed by atoms with Crippen LogP contribution in [0.5, 0.6) is 0 Å². The average molecular weight is 450 g/mol. The van der Waals surface area contributed by atoms with E-state index in [9.17, 15) is 15.0 Å². The molecule has 0 aliphatic heterocycles. The summed E-state index contributed by atoms with van der Waals surface area (Å²) in [6, 6.07) is 7.81. The molecule has 5 unspecified atom stereocenters. The number of hydrogen-bond acceptors (Lipinski definition) is 3. The van der Waals surface area contributed by atoms with E-state index in [0.717, 1.165) is 41.4 Å². The van der Waals surface area contributed by atoms with Gasteiger partial charge in [-0.2, -0.15) is 0 Å². The third-order valence-electron chi connectivity index (χ3n) is 9.46. The second-order valence-corrected chi connectivity index (χ2v) is 11.1. The number of aromatic nitrogens is 1. The van der Waals surface area contributed by atoms with Crippen molar-refractivity contribution in [1.82, 2.24) is 4.98 Å². The molecule has 2 saturated carbocycles. The van der Waals surface area contributed by atoms with Crippen LogP contribution in [0.3, 0.4) is 0 Å². The van der Waals surface area contributed by atoms with E-state index >= 15 is 4.39 Å². The van der Waals surface area contributed by atoms with E-state index in [-0.39, 0.29) is 29.2 Å². The number of benzene rings is 1. The monoisotopic (exact) mass is 449 g/mol. The van der Waals surface area contributed by atoms with Crippen molar-refractivity contribution in [1.29, 1.82) is 0 Å². The molecule has 1 heterocycles. The van der Waals surface area contributed by atoms with Crippen molar-refractivity contribution in [2.45, 2.75) is 75.7 Å². The van der Waals surface area contributed by atoms with Crippen LogP contribution in [0.2, 0.25) is 0 Å². The third-order valence-corrected chi connectivity index (χ3v) is 9.46. The molecule has 6 atom stereocenters. The van der Waals surface area contributed by atoms with Crippen LogP contribution in [-0.2, 0) is 0 Å². The minimum absolute atomic E-state index is 0.101. The molecular weight excluding hydrogens is 417 g/mol. The number of allylic oxidation sites excluding steroid dienone is 2. The number of aromatic amines is 1. The molecule has 0 radical (unpaired) electrons. The summed E-state index contributed by atoms with van der Waals surface area (Å²) >= 11 is 0. The highest BCUT2D eigenvalue weighted by molar-refractivity contribution is 5.87. The molecule has 1 aromatic carbocycles. The Hall–Kier alpha value is -2.24. The maximum atomic E-state index is 16.7. The number of aliphatic hydroxyl groups is 2. The van der Waals surface area contributed by atoms with Gasteiger partial charge < -0.3 is 15.2 Å². The maximum Gasteiger partial charge on any atom is 0.255 e. The molecule has 5 heteroatoms. The van der Waals surface area contributed by atoms with Crippen molar-refractivity contribution in [3.05, 3.63) is 64.1 Å². The van der Waals surface area contributed by atoms with Crippen LogP contribution in [0.4, 0.5) is 4.39 Å². The Balaban J connectivity index is 1.39. The van der Waals surface area contributed by atoms with Crippen LogP contribution in [0.1, 0.15) is 63.9 Å². The quantitative estimate of drug-likeness (QED) is 0.533. The van der Waals surface area contributed by atoms with Crippen molar-refractivity contribution < 1.29 is 14.6 Å². The van der Waals surface area contributed by atoms with Crippen LogP contribution in [0.25, 0.3) is 16.3 Å². The predicted molar refractivity (Wildman–Crippen MR) is 127 cm³/mol. The van der Waals surface area contributed by atoms with Crippen LogP contribution < -0.4 is 5.56 Å². The molecule has 2 fully saturated rings. The van der Waals surface area contributed by atoms with Crippen molar-refractivity contribution in [3.8, 4) is 0 Å². The lowest BCUT2D eigenvalue weighted by atomic mass is 9.53. The Kier molecular flexibility index (Phi) is 4.60. The fourth-order valence-electron chi connectivity index (χ4n) is 7.60. The lowest BCUT2D eigenvalue weighted by Crippen LogP contribution is -2.61. The summed E-state index contributed by atoms with van der Waals surface area (Å²) in [5.74, 6) is 0.0740. The lowest BCUT2D eigenvalue weighted by molar-refractivity contribution is -0.172. The zero-order chi connectivity index (χ0) is 23.0. The molecule has 0 saturated heterocycles. The summed E-state index contributed by atoms with van der Waals surface area (Å²) < 4.78 is 16.7. The molecular formula is C28H32FNO3. The van der Waals surface area contributed by atoms with Gasteiger partial charge in [0, 0.05) is 17.5 Å². The highest BCUT2D eigenvalue weighted by Gasteiger charge is 2.65. The van der Waals surface area contributed by atoms with E-state index in [1.807, 2.05) is 18.2 Å². The third kappa shape index (κ3) is 2.98. The van der Waals surface area contributed by atoms with Crippen LogP contribution in [-0.4, -0.2) is 32.6 Å². The van der Waals surface area contributed by atoms with Gasteiger partial charge in [-0.05, 0) is 103 Å². The molecule has 4 nitrogen and oxygen atoms in total. The highest BCUT2D eigenvalue weighted by Crippen LogP contribution is 2.65. The zero-order valence-corrected chi connectivity index (χ0v) is 19.1.